The summed E-state index contributed by atoms with van der Waals surface area (Å²) in [5.41, 5.74) is 1.44. The van der Waals surface area contributed by atoms with Gasteiger partial charge in [-0.15, -0.1) is 0 Å². The molecule has 2 aromatic rings. The lowest BCUT2D eigenvalue weighted by Crippen LogP contribution is -2.31. The minimum atomic E-state index is -0.411. The number of aryl methyl sites for hydroxylation is 1. The number of amides is 2. The first kappa shape index (κ1) is 20.7. The monoisotopic (exact) mass is 417 g/mol. The summed E-state index contributed by atoms with van der Waals surface area (Å²) in [6, 6.07) is 3.07. The maximum absolute atomic E-state index is 12.9. The Hall–Kier alpha value is -2.98. The van der Waals surface area contributed by atoms with E-state index in [-0.39, 0.29) is 11.5 Å². The number of ketones is 1. The first-order valence-electron chi connectivity index (χ1n) is 9.24. The van der Waals surface area contributed by atoms with Crippen molar-refractivity contribution in [3.63, 3.8) is 0 Å². The molecule has 0 saturated heterocycles. The average Bonchev–Trinajstić information content (AvgIpc) is 3.12. The van der Waals surface area contributed by atoms with E-state index in [0.717, 1.165) is 17.9 Å². The van der Waals surface area contributed by atoms with Crippen LogP contribution in [0.1, 0.15) is 34.3 Å². The second-order valence-electron chi connectivity index (χ2n) is 6.29. The van der Waals surface area contributed by atoms with E-state index < -0.39 is 6.03 Å². The highest BCUT2D eigenvalue weighted by atomic mass is 32.1. The molecule has 4 N–H and O–H groups in total. The number of carbonyl (C=O) groups is 2. The molecule has 2 aromatic heterocycles. The summed E-state index contributed by atoms with van der Waals surface area (Å²) in [4.78, 5) is 33.7. The summed E-state index contributed by atoms with van der Waals surface area (Å²) in [6.45, 7) is 3.48. The number of ether oxygens (including phenoxy) is 1. The minimum absolute atomic E-state index is 0.0728. The Labute approximate surface area is 172 Å². The van der Waals surface area contributed by atoms with Gasteiger partial charge in [-0.25, -0.2) is 14.8 Å². The number of aromatic nitrogens is 2. The van der Waals surface area contributed by atoms with E-state index in [0.29, 0.717) is 58.7 Å². The van der Waals surface area contributed by atoms with Gasteiger partial charge < -0.3 is 20.5 Å². The predicted molar refractivity (Wildman–Crippen MR) is 112 cm³/mol. The van der Waals surface area contributed by atoms with Crippen LogP contribution in [-0.4, -0.2) is 53.7 Å². The molecule has 1 aliphatic rings. The molecule has 0 atom stereocenters. The molecule has 29 heavy (non-hydrogen) atoms. The van der Waals surface area contributed by atoms with Crippen LogP contribution in [0, 0.1) is 0 Å². The van der Waals surface area contributed by atoms with Crippen molar-refractivity contribution in [1.29, 1.82) is 0 Å². The molecule has 0 aromatic carbocycles. The normalized spacial score (nSPS) is 14.9. The number of thiazole rings is 1. The average molecular weight is 417 g/mol. The van der Waals surface area contributed by atoms with E-state index in [1.165, 1.54) is 6.20 Å². The molecule has 2 heterocycles. The fourth-order valence-electron chi connectivity index (χ4n) is 2.87. The van der Waals surface area contributed by atoms with Crippen molar-refractivity contribution in [2.24, 2.45) is 0 Å². The summed E-state index contributed by atoms with van der Waals surface area (Å²) < 4.78 is 4.88. The number of hydrogen-bond acceptors (Lipinski definition) is 8. The first-order valence-corrected chi connectivity index (χ1v) is 10.1. The van der Waals surface area contributed by atoms with Crippen LogP contribution in [0.25, 0.3) is 5.76 Å². The number of nitrogens with one attached hydrogen (secondary N) is 3. The van der Waals surface area contributed by atoms with Crippen LogP contribution >= 0.6 is 11.3 Å². The lowest BCUT2D eigenvalue weighted by molar-refractivity contribution is 0.102. The van der Waals surface area contributed by atoms with E-state index in [9.17, 15) is 14.7 Å². The van der Waals surface area contributed by atoms with Gasteiger partial charge in [-0.2, -0.15) is 0 Å². The molecule has 9 nitrogen and oxygen atoms in total. The van der Waals surface area contributed by atoms with E-state index in [2.05, 4.69) is 25.9 Å². The number of methoxy groups -OCH3 is 1. The van der Waals surface area contributed by atoms with Crippen molar-refractivity contribution >= 4 is 39.9 Å². The number of allylic oxidation sites excluding steroid dienone is 1. The summed E-state index contributed by atoms with van der Waals surface area (Å²) in [6.07, 6.45) is 2.41. The van der Waals surface area contributed by atoms with Crippen LogP contribution in [0.5, 0.6) is 0 Å². The third-order valence-corrected chi connectivity index (χ3v) is 5.29. The number of rotatable bonds is 7. The summed E-state index contributed by atoms with van der Waals surface area (Å²) in [5, 5.41) is 19.3. The Bertz CT molecular complexity index is 923. The summed E-state index contributed by atoms with van der Waals surface area (Å²) >= 11 is 1.10. The van der Waals surface area contributed by atoms with Gasteiger partial charge in [0.2, 0.25) is 5.78 Å². The molecule has 0 radical (unpaired) electrons. The largest absolute Gasteiger partial charge is 0.507 e. The van der Waals surface area contributed by atoms with Gasteiger partial charge in [0.25, 0.3) is 0 Å². The highest BCUT2D eigenvalue weighted by Crippen LogP contribution is 2.34. The van der Waals surface area contributed by atoms with Crippen molar-refractivity contribution < 1.29 is 19.4 Å². The lowest BCUT2D eigenvalue weighted by Gasteiger charge is -2.14. The highest BCUT2D eigenvalue weighted by molar-refractivity contribution is 7.18. The van der Waals surface area contributed by atoms with Crippen LogP contribution in [-0.2, 0) is 11.2 Å². The van der Waals surface area contributed by atoms with Gasteiger partial charge in [0.1, 0.15) is 16.5 Å². The van der Waals surface area contributed by atoms with Crippen molar-refractivity contribution in [1.82, 2.24) is 15.3 Å². The number of carbonyl (C=O) groups excluding carboxylic acids is 2. The Morgan fingerprint density at radius 3 is 2.86 bits per heavy atom. The standard InChI is InChI=1S/C19H23N5O4S/c1-3-20-14-7-4-11(10-22-14)15(25)12-5-6-13-17(16(12)26)29-19(23-13)24-18(27)21-8-9-28-2/h4,7,10,25H,3,5-6,8-9H2,1-2H3,(H,20,22)(H2,21,23,24,27). The number of urea groups is 1. The summed E-state index contributed by atoms with van der Waals surface area (Å²) in [7, 11) is 1.55. The second-order valence-corrected chi connectivity index (χ2v) is 7.29. The topological polar surface area (TPSA) is 125 Å². The Kier molecular flexibility index (Phi) is 6.78. The third kappa shape index (κ3) is 4.90. The van der Waals surface area contributed by atoms with Crippen LogP contribution in [0.15, 0.2) is 23.9 Å². The van der Waals surface area contributed by atoms with Gasteiger partial charge in [-0.1, -0.05) is 11.3 Å². The van der Waals surface area contributed by atoms with Gasteiger partial charge in [0, 0.05) is 37.5 Å². The molecule has 0 bridgehead atoms. The van der Waals surface area contributed by atoms with Gasteiger partial charge in [0.15, 0.2) is 5.13 Å². The molecule has 0 spiro atoms. The zero-order valence-electron chi connectivity index (χ0n) is 16.2. The minimum Gasteiger partial charge on any atom is -0.507 e. The molecular formula is C19H23N5O4S. The Balaban J connectivity index is 1.75. The van der Waals surface area contributed by atoms with Gasteiger partial charge in [-0.3, -0.25) is 10.1 Å². The number of anilines is 2. The Morgan fingerprint density at radius 1 is 1.34 bits per heavy atom. The maximum Gasteiger partial charge on any atom is 0.321 e. The molecule has 2 amide bonds. The number of Topliss-reactive ketones (excluding diaryl/α,β-unsaturated/α-hetero) is 1. The Morgan fingerprint density at radius 2 is 2.17 bits per heavy atom. The van der Waals surface area contributed by atoms with Crippen LogP contribution in [0.2, 0.25) is 0 Å². The molecule has 0 fully saturated rings. The maximum atomic E-state index is 12.9. The zero-order chi connectivity index (χ0) is 20.8. The van der Waals surface area contributed by atoms with Gasteiger partial charge in [-0.05, 0) is 31.9 Å². The SMILES string of the molecule is CCNc1ccc(C(O)=C2CCc3nc(NC(=O)NCCOC)sc3C2=O)cn1. The van der Waals surface area contributed by atoms with Crippen molar-refractivity contribution in [3.05, 3.63) is 40.0 Å². The number of pyridine rings is 1. The van der Waals surface area contributed by atoms with Crippen molar-refractivity contribution in [3.8, 4) is 0 Å². The molecular weight excluding hydrogens is 394 g/mol. The van der Waals surface area contributed by atoms with Crippen molar-refractivity contribution in [2.45, 2.75) is 19.8 Å². The predicted octanol–water partition coefficient (Wildman–Crippen LogP) is 2.84. The smallest absolute Gasteiger partial charge is 0.321 e. The van der Waals surface area contributed by atoms with Crippen LogP contribution < -0.4 is 16.0 Å². The quantitative estimate of drug-likeness (QED) is 0.310. The molecule has 0 saturated carbocycles. The molecule has 0 aliphatic heterocycles. The third-order valence-electron chi connectivity index (χ3n) is 4.28. The second kappa shape index (κ2) is 9.48. The first-order chi connectivity index (χ1) is 14.0. The lowest BCUT2D eigenvalue weighted by atomic mass is 9.93. The molecule has 1 aliphatic carbocycles. The fourth-order valence-corrected chi connectivity index (χ4v) is 3.85. The van der Waals surface area contributed by atoms with Crippen LogP contribution in [0.3, 0.4) is 0 Å². The molecule has 154 valence electrons. The number of aliphatic hydroxyl groups excluding tert-OH is 1. The molecule has 0 unspecified atom stereocenters. The number of aliphatic hydroxyl groups is 1. The van der Waals surface area contributed by atoms with Gasteiger partial charge in [0.05, 0.1) is 12.3 Å². The van der Waals surface area contributed by atoms with Crippen LogP contribution in [0.4, 0.5) is 15.7 Å². The highest BCUT2D eigenvalue weighted by Gasteiger charge is 2.29. The molecule has 3 rings (SSSR count). The van der Waals surface area contributed by atoms with E-state index in [1.54, 1.807) is 19.2 Å². The number of fused-ring (bicyclic) bond motifs is 1. The fraction of sp³-hybridized carbons (Fsp3) is 0.368. The number of hydrogen-bond donors (Lipinski definition) is 4. The summed E-state index contributed by atoms with van der Waals surface area (Å²) in [5.74, 6) is 0.356. The van der Waals surface area contributed by atoms with Crippen molar-refractivity contribution in [2.75, 3.05) is 37.4 Å². The van der Waals surface area contributed by atoms with Gasteiger partial charge >= 0.3 is 6.03 Å². The van der Waals surface area contributed by atoms with E-state index >= 15 is 0 Å². The molecule has 10 heteroatoms. The van der Waals surface area contributed by atoms with E-state index in [1.807, 2.05) is 6.92 Å². The van der Waals surface area contributed by atoms with E-state index in [4.69, 9.17) is 4.74 Å². The number of nitrogens with zero attached hydrogens (tertiary/aromatic N) is 2. The zero-order valence-corrected chi connectivity index (χ0v) is 17.1.